The third-order valence-electron chi connectivity index (χ3n) is 10.6. The van der Waals surface area contributed by atoms with Crippen molar-refractivity contribution in [2.75, 3.05) is 20.2 Å². The number of rotatable bonds is 10. The van der Waals surface area contributed by atoms with Crippen LogP contribution in [0.25, 0.3) is 10.9 Å². The summed E-state index contributed by atoms with van der Waals surface area (Å²) in [6.45, 7) is 11.9. The molecule has 16 heteroatoms. The Labute approximate surface area is 350 Å². The smallest absolute Gasteiger partial charge is 0.292 e. The number of aromatic amines is 1. The van der Waals surface area contributed by atoms with Gasteiger partial charge in [-0.05, 0) is 61.4 Å². The molecule has 3 heterocycles. The Morgan fingerprint density at radius 2 is 1.50 bits per heavy atom. The summed E-state index contributed by atoms with van der Waals surface area (Å²) < 4.78 is 11.1. The SMILES string of the molecule is CCc1nc(C)c(C(=O)N2CC(=O)N[C@H](Cc3c[nH]c4ccccc34)C(=O)N[C@@H](CC(C)C)C(=O)N[C@@H](Cc3ccc(OC)cc3)C(=O)N[C@H](C)C(=O)N[C@@H](C(C)C)C2)o1. The lowest BCUT2D eigenvalue weighted by atomic mass is 9.99. The molecule has 1 fully saturated rings. The fourth-order valence-corrected chi connectivity index (χ4v) is 7.11. The van der Waals surface area contributed by atoms with Gasteiger partial charge in [-0.2, -0.15) is 0 Å². The number of carbonyl (C=O) groups excluding carboxylic acids is 6. The van der Waals surface area contributed by atoms with Crippen molar-refractivity contribution in [1.82, 2.24) is 41.5 Å². The Morgan fingerprint density at radius 3 is 2.15 bits per heavy atom. The van der Waals surface area contributed by atoms with Crippen LogP contribution in [0.4, 0.5) is 0 Å². The molecule has 1 aliphatic heterocycles. The lowest BCUT2D eigenvalue weighted by Crippen LogP contribution is -2.60. The summed E-state index contributed by atoms with van der Waals surface area (Å²) in [7, 11) is 1.54. The minimum Gasteiger partial charge on any atom is -0.497 e. The summed E-state index contributed by atoms with van der Waals surface area (Å²) in [6.07, 6.45) is 2.50. The van der Waals surface area contributed by atoms with E-state index in [4.69, 9.17) is 9.15 Å². The predicted octanol–water partition coefficient (Wildman–Crippen LogP) is 3.12. The summed E-state index contributed by atoms with van der Waals surface area (Å²) in [5.41, 5.74) is 2.62. The standard InChI is InChI=1S/C44H58N8O8/c1-9-38-46-26(6)39(60-38)44(58)52-22-36(25(4)5)51-40(54)27(7)47-41(55)34(19-28-14-16-30(59-8)17-15-28)50-42(56)33(18-24(2)3)49-43(57)35(48-37(53)23-52)20-29-21-45-32-13-11-10-12-31(29)32/h10-17,21,24-25,27,33-36,45H,9,18-20,22-23H2,1-8H3,(H,47,55)(H,48,53)(H,49,57)(H,50,56)(H,51,54)/t27-,33+,34+,35-,36-/m1/s1. The van der Waals surface area contributed by atoms with Crippen LogP contribution < -0.4 is 31.3 Å². The van der Waals surface area contributed by atoms with Crippen molar-refractivity contribution in [2.24, 2.45) is 11.8 Å². The molecule has 0 bridgehead atoms. The zero-order valence-corrected chi connectivity index (χ0v) is 35.6. The van der Waals surface area contributed by atoms with Gasteiger partial charge in [0, 0.05) is 48.9 Å². The van der Waals surface area contributed by atoms with Crippen LogP contribution >= 0.6 is 0 Å². The Hall–Kier alpha value is -6.19. The quantitative estimate of drug-likeness (QED) is 0.138. The third-order valence-corrected chi connectivity index (χ3v) is 10.6. The molecule has 1 saturated heterocycles. The molecule has 4 aromatic rings. The van der Waals surface area contributed by atoms with Gasteiger partial charge in [-0.1, -0.05) is 65.0 Å². The molecule has 0 saturated carbocycles. The van der Waals surface area contributed by atoms with E-state index < -0.39 is 72.2 Å². The van der Waals surface area contributed by atoms with Gasteiger partial charge in [-0.3, -0.25) is 28.8 Å². The first-order chi connectivity index (χ1) is 28.6. The molecule has 6 N–H and O–H groups in total. The number of methoxy groups -OCH3 is 1. The third kappa shape index (κ3) is 11.5. The normalized spacial score (nSPS) is 21.5. The monoisotopic (exact) mass is 826 g/mol. The number of oxazole rings is 1. The molecule has 60 heavy (non-hydrogen) atoms. The van der Waals surface area contributed by atoms with Crippen LogP contribution in [0.2, 0.25) is 0 Å². The Balaban J connectivity index is 1.56. The molecule has 0 aliphatic carbocycles. The maximum Gasteiger partial charge on any atom is 0.292 e. The van der Waals surface area contributed by atoms with Crippen molar-refractivity contribution in [2.45, 2.75) is 104 Å². The van der Waals surface area contributed by atoms with Crippen LogP contribution in [0.3, 0.4) is 0 Å². The van der Waals surface area contributed by atoms with Gasteiger partial charge >= 0.3 is 0 Å². The minimum absolute atomic E-state index is 0.0394. The molecule has 16 nitrogen and oxygen atoms in total. The van der Waals surface area contributed by atoms with E-state index >= 15 is 0 Å². The molecule has 0 unspecified atom stereocenters. The van der Waals surface area contributed by atoms with Crippen LogP contribution in [-0.2, 0) is 43.2 Å². The van der Waals surface area contributed by atoms with Gasteiger partial charge in [-0.15, -0.1) is 0 Å². The van der Waals surface area contributed by atoms with E-state index in [2.05, 4.69) is 36.6 Å². The molecule has 2 aromatic heterocycles. The number of aromatic nitrogens is 2. The number of benzene rings is 2. The second-order valence-corrected chi connectivity index (χ2v) is 16.1. The van der Waals surface area contributed by atoms with E-state index in [0.717, 1.165) is 16.5 Å². The van der Waals surface area contributed by atoms with Crippen molar-refractivity contribution >= 4 is 46.3 Å². The molecule has 0 spiro atoms. The molecule has 6 amide bonds. The van der Waals surface area contributed by atoms with Gasteiger partial charge in [0.05, 0.1) is 12.8 Å². The second kappa shape index (κ2) is 20.2. The van der Waals surface area contributed by atoms with Crippen molar-refractivity contribution in [1.29, 1.82) is 0 Å². The predicted molar refractivity (Wildman–Crippen MR) is 225 cm³/mol. The number of para-hydroxylation sites is 1. The van der Waals surface area contributed by atoms with Gasteiger partial charge in [0.25, 0.3) is 5.91 Å². The molecule has 5 rings (SSSR count). The van der Waals surface area contributed by atoms with Crippen molar-refractivity contribution < 1.29 is 37.9 Å². The van der Waals surface area contributed by atoms with Gasteiger partial charge in [-0.25, -0.2) is 4.98 Å². The van der Waals surface area contributed by atoms with Crippen LogP contribution in [-0.4, -0.2) is 101 Å². The highest BCUT2D eigenvalue weighted by Crippen LogP contribution is 2.21. The summed E-state index contributed by atoms with van der Waals surface area (Å²) in [5, 5.41) is 15.1. The minimum atomic E-state index is -1.20. The first-order valence-corrected chi connectivity index (χ1v) is 20.5. The zero-order valence-electron chi connectivity index (χ0n) is 35.6. The van der Waals surface area contributed by atoms with E-state index in [0.29, 0.717) is 29.3 Å². The summed E-state index contributed by atoms with van der Waals surface area (Å²) >= 11 is 0. The topological polar surface area (TPSA) is 217 Å². The average Bonchev–Trinajstić information content (AvgIpc) is 3.81. The fraction of sp³-hybridized carbons (Fsp3) is 0.477. The first-order valence-electron chi connectivity index (χ1n) is 20.5. The zero-order chi connectivity index (χ0) is 43.7. The Bertz CT molecular complexity index is 2160. The van der Waals surface area contributed by atoms with Crippen LogP contribution in [0.5, 0.6) is 5.75 Å². The highest BCUT2D eigenvalue weighted by Gasteiger charge is 2.35. The number of ether oxygens (including phenoxy) is 1. The highest BCUT2D eigenvalue weighted by molar-refractivity contribution is 5.98. The maximum atomic E-state index is 14.4. The van der Waals surface area contributed by atoms with Crippen LogP contribution in [0.1, 0.15) is 81.2 Å². The first kappa shape index (κ1) is 44.9. The van der Waals surface area contributed by atoms with E-state index in [1.54, 1.807) is 44.5 Å². The lowest BCUT2D eigenvalue weighted by Gasteiger charge is -2.32. The summed E-state index contributed by atoms with van der Waals surface area (Å²) in [6, 6.07) is 9.33. The lowest BCUT2D eigenvalue weighted by molar-refractivity contribution is -0.135. The highest BCUT2D eigenvalue weighted by atomic mass is 16.5. The number of nitrogens with one attached hydrogen (secondary N) is 6. The van der Waals surface area contributed by atoms with E-state index in [9.17, 15) is 28.8 Å². The largest absolute Gasteiger partial charge is 0.497 e. The Kier molecular flexibility index (Phi) is 15.1. The van der Waals surface area contributed by atoms with Gasteiger partial charge in [0.2, 0.25) is 35.3 Å². The Morgan fingerprint density at radius 1 is 0.850 bits per heavy atom. The molecule has 5 atom stereocenters. The van der Waals surface area contributed by atoms with Crippen molar-refractivity contribution in [3.63, 3.8) is 0 Å². The van der Waals surface area contributed by atoms with Gasteiger partial charge < -0.3 is 45.6 Å². The molecular formula is C44H58N8O8. The van der Waals surface area contributed by atoms with Crippen LogP contribution in [0.15, 0.2) is 59.1 Å². The number of aryl methyl sites for hydroxylation is 2. The average molecular weight is 827 g/mol. The fourth-order valence-electron chi connectivity index (χ4n) is 7.11. The number of nitrogens with zero attached hydrogens (tertiary/aromatic N) is 2. The number of H-pyrrole nitrogens is 1. The summed E-state index contributed by atoms with van der Waals surface area (Å²) in [5.74, 6) is -3.10. The van der Waals surface area contributed by atoms with Crippen molar-refractivity contribution in [3.05, 3.63) is 83.2 Å². The number of hydrogen-bond donors (Lipinski definition) is 6. The molecular weight excluding hydrogens is 769 g/mol. The number of fused-ring (bicyclic) bond motifs is 1. The van der Waals surface area contributed by atoms with E-state index in [1.165, 1.54) is 11.8 Å². The van der Waals surface area contributed by atoms with Gasteiger partial charge in [0.1, 0.15) is 36.5 Å². The number of carbonyl (C=O) groups is 6. The van der Waals surface area contributed by atoms with E-state index in [-0.39, 0.29) is 43.4 Å². The summed E-state index contributed by atoms with van der Waals surface area (Å²) in [4.78, 5) is 93.7. The van der Waals surface area contributed by atoms with E-state index in [1.807, 2.05) is 58.9 Å². The number of amides is 6. The molecule has 322 valence electrons. The van der Waals surface area contributed by atoms with Crippen molar-refractivity contribution in [3.8, 4) is 5.75 Å². The molecule has 0 radical (unpaired) electrons. The maximum absolute atomic E-state index is 14.4. The second-order valence-electron chi connectivity index (χ2n) is 16.1. The molecule has 1 aliphatic rings. The number of hydrogen-bond acceptors (Lipinski definition) is 9. The van der Waals surface area contributed by atoms with Gasteiger partial charge in [0.15, 0.2) is 5.89 Å². The molecule has 2 aromatic carbocycles. The van der Waals surface area contributed by atoms with Crippen LogP contribution in [0, 0.1) is 18.8 Å².